The second-order valence-electron chi connectivity index (χ2n) is 6.64. The number of thiazole rings is 1. The van der Waals surface area contributed by atoms with Crippen molar-refractivity contribution in [3.63, 3.8) is 0 Å². The number of nitrogens with zero attached hydrogens (tertiary/aromatic N) is 2. The zero-order valence-corrected chi connectivity index (χ0v) is 17.5. The van der Waals surface area contributed by atoms with Crippen LogP contribution >= 0.6 is 11.3 Å². The highest BCUT2D eigenvalue weighted by Crippen LogP contribution is 2.36. The summed E-state index contributed by atoms with van der Waals surface area (Å²) in [7, 11) is -3.39. The lowest BCUT2D eigenvalue weighted by atomic mass is 10.2. The van der Waals surface area contributed by atoms with Crippen LogP contribution in [0.2, 0.25) is 0 Å². The van der Waals surface area contributed by atoms with E-state index < -0.39 is 15.7 Å². The van der Waals surface area contributed by atoms with Gasteiger partial charge in [-0.15, -0.1) is 0 Å². The molecule has 9 heteroatoms. The largest absolute Gasteiger partial charge is 0.454 e. The van der Waals surface area contributed by atoms with E-state index in [-0.39, 0.29) is 24.7 Å². The maximum Gasteiger partial charge on any atom is 0.249 e. The molecule has 1 aliphatic rings. The molecule has 2 heterocycles. The Bertz CT molecular complexity index is 1230. The number of benzene rings is 2. The van der Waals surface area contributed by atoms with Gasteiger partial charge in [0.05, 0.1) is 21.7 Å². The summed E-state index contributed by atoms with van der Waals surface area (Å²) in [5.74, 6) is 0.589. The molecular weight excluding hydrogens is 412 g/mol. The molecule has 0 spiro atoms. The van der Waals surface area contributed by atoms with E-state index in [1.54, 1.807) is 24.3 Å². The summed E-state index contributed by atoms with van der Waals surface area (Å²) in [6.07, 6.45) is -0.143. The molecule has 0 bridgehead atoms. The number of fused-ring (bicyclic) bond motifs is 2. The van der Waals surface area contributed by atoms with Gasteiger partial charge in [0.2, 0.25) is 12.7 Å². The fourth-order valence-corrected chi connectivity index (χ4v) is 5.61. The van der Waals surface area contributed by atoms with E-state index in [1.807, 2.05) is 29.7 Å². The Morgan fingerprint density at radius 1 is 1.17 bits per heavy atom. The Morgan fingerprint density at radius 2 is 1.90 bits per heavy atom. The first-order valence-corrected chi connectivity index (χ1v) is 11.8. The van der Waals surface area contributed by atoms with Crippen LogP contribution in [0.1, 0.15) is 18.9 Å². The molecule has 1 aliphatic heterocycles. The number of hydrogen-bond acceptors (Lipinski definition) is 6. The number of carbonyl (C=O) groups excluding carboxylic acids is 1. The van der Waals surface area contributed by atoms with Crippen LogP contribution in [0.3, 0.4) is 0 Å². The molecule has 7 nitrogen and oxygen atoms in total. The molecule has 2 aromatic carbocycles. The highest BCUT2D eigenvalue weighted by Gasteiger charge is 2.18. The average Bonchev–Trinajstić information content (AvgIpc) is 3.28. The van der Waals surface area contributed by atoms with Crippen molar-refractivity contribution in [3.05, 3.63) is 52.8 Å². The van der Waals surface area contributed by atoms with Crippen LogP contribution < -0.4 is 14.3 Å². The lowest BCUT2D eigenvalue weighted by molar-refractivity contribution is -0.117. The molecule has 3 aromatic rings. The van der Waals surface area contributed by atoms with Crippen LogP contribution in [0.25, 0.3) is 10.2 Å². The van der Waals surface area contributed by atoms with E-state index in [0.717, 1.165) is 10.2 Å². The number of rotatable bonds is 6. The number of amides is 1. The lowest BCUT2D eigenvalue weighted by Crippen LogP contribution is -2.18. The standard InChI is InChI=1S/C20H20N2O5S2/c1-2-22-15-10-16-17(27-13-26-16)11-18(15)28-20(22)21-19(23)8-9-29(24,25)12-14-6-4-3-5-7-14/h3-7,10-11H,2,8-9,12-13H2,1H3. The van der Waals surface area contributed by atoms with Crippen LogP contribution in [-0.2, 0) is 26.9 Å². The first-order valence-electron chi connectivity index (χ1n) is 9.20. The smallest absolute Gasteiger partial charge is 0.249 e. The van der Waals surface area contributed by atoms with Crippen molar-refractivity contribution in [1.29, 1.82) is 0 Å². The Morgan fingerprint density at radius 3 is 2.62 bits per heavy atom. The highest BCUT2D eigenvalue weighted by atomic mass is 32.2. The molecule has 29 heavy (non-hydrogen) atoms. The van der Waals surface area contributed by atoms with Crippen LogP contribution in [0, 0.1) is 0 Å². The molecule has 0 aliphatic carbocycles. The molecule has 0 saturated heterocycles. The minimum Gasteiger partial charge on any atom is -0.454 e. The molecule has 0 saturated carbocycles. The summed E-state index contributed by atoms with van der Waals surface area (Å²) in [4.78, 5) is 17.1. The van der Waals surface area contributed by atoms with Gasteiger partial charge in [0.25, 0.3) is 0 Å². The number of ether oxygens (including phenoxy) is 2. The van der Waals surface area contributed by atoms with Gasteiger partial charge in [-0.2, -0.15) is 4.99 Å². The summed E-state index contributed by atoms with van der Waals surface area (Å²) in [5, 5.41) is 0. The number of aryl methyl sites for hydroxylation is 1. The third-order valence-electron chi connectivity index (χ3n) is 4.57. The summed E-state index contributed by atoms with van der Waals surface area (Å²) in [6, 6.07) is 12.7. The summed E-state index contributed by atoms with van der Waals surface area (Å²) in [5.41, 5.74) is 1.62. The summed E-state index contributed by atoms with van der Waals surface area (Å²) in [6.45, 7) is 2.79. The number of aromatic nitrogens is 1. The molecule has 4 rings (SSSR count). The second kappa shape index (κ2) is 8.00. The Kier molecular flexibility index (Phi) is 5.42. The molecule has 0 radical (unpaired) electrons. The van der Waals surface area contributed by atoms with Gasteiger partial charge in [0.1, 0.15) is 0 Å². The topological polar surface area (TPSA) is 87.0 Å². The lowest BCUT2D eigenvalue weighted by Gasteiger charge is -2.03. The molecule has 0 N–H and O–H groups in total. The van der Waals surface area contributed by atoms with Gasteiger partial charge in [0.15, 0.2) is 26.1 Å². The van der Waals surface area contributed by atoms with Gasteiger partial charge >= 0.3 is 0 Å². The van der Waals surface area contributed by atoms with Gasteiger partial charge in [0, 0.05) is 25.1 Å². The van der Waals surface area contributed by atoms with Gasteiger partial charge < -0.3 is 14.0 Å². The van der Waals surface area contributed by atoms with E-state index in [9.17, 15) is 13.2 Å². The van der Waals surface area contributed by atoms with Crippen LogP contribution in [0.15, 0.2) is 47.5 Å². The Labute approximate surface area is 172 Å². The van der Waals surface area contributed by atoms with Crippen molar-refractivity contribution in [3.8, 4) is 11.5 Å². The monoisotopic (exact) mass is 432 g/mol. The summed E-state index contributed by atoms with van der Waals surface area (Å²) >= 11 is 1.37. The minimum absolute atomic E-state index is 0.0788. The molecular formula is C20H20N2O5S2. The van der Waals surface area contributed by atoms with Crippen molar-refractivity contribution in [2.75, 3.05) is 12.5 Å². The Balaban J connectivity index is 1.53. The van der Waals surface area contributed by atoms with Gasteiger partial charge in [-0.25, -0.2) is 8.42 Å². The van der Waals surface area contributed by atoms with Gasteiger partial charge in [-0.1, -0.05) is 41.7 Å². The minimum atomic E-state index is -3.39. The van der Waals surface area contributed by atoms with E-state index in [4.69, 9.17) is 9.47 Å². The van der Waals surface area contributed by atoms with E-state index in [2.05, 4.69) is 4.99 Å². The SMILES string of the molecule is CCn1c(=NC(=O)CCS(=O)(=O)Cc2ccccc2)sc2cc3c(cc21)OCO3. The fraction of sp³-hybridized carbons (Fsp3) is 0.300. The third-order valence-corrected chi connectivity index (χ3v) is 7.21. The van der Waals surface area contributed by atoms with Crippen molar-refractivity contribution in [1.82, 2.24) is 4.57 Å². The van der Waals surface area contributed by atoms with Crippen LogP contribution in [0.4, 0.5) is 0 Å². The molecule has 1 aromatic heterocycles. The fourth-order valence-electron chi connectivity index (χ4n) is 3.16. The van der Waals surface area contributed by atoms with Crippen LogP contribution in [0.5, 0.6) is 11.5 Å². The number of carbonyl (C=O) groups is 1. The number of sulfone groups is 1. The highest BCUT2D eigenvalue weighted by molar-refractivity contribution is 7.90. The van der Waals surface area contributed by atoms with E-state index >= 15 is 0 Å². The van der Waals surface area contributed by atoms with E-state index in [0.29, 0.717) is 28.4 Å². The maximum absolute atomic E-state index is 12.4. The third kappa shape index (κ3) is 4.35. The second-order valence-corrected chi connectivity index (χ2v) is 9.83. The van der Waals surface area contributed by atoms with Crippen molar-refractivity contribution in [2.45, 2.75) is 25.6 Å². The van der Waals surface area contributed by atoms with Crippen molar-refractivity contribution >= 4 is 37.3 Å². The number of hydrogen-bond donors (Lipinski definition) is 0. The molecule has 0 atom stereocenters. The van der Waals surface area contributed by atoms with Crippen LogP contribution in [-0.4, -0.2) is 31.4 Å². The average molecular weight is 433 g/mol. The maximum atomic E-state index is 12.4. The normalized spacial score (nSPS) is 13.9. The first kappa shape index (κ1) is 19.7. The summed E-state index contributed by atoms with van der Waals surface area (Å²) < 4.78 is 38.3. The Hall–Kier alpha value is -2.65. The molecule has 1 amide bonds. The van der Waals surface area contributed by atoms with Crippen molar-refractivity contribution < 1.29 is 22.7 Å². The zero-order valence-electron chi connectivity index (χ0n) is 15.8. The van der Waals surface area contributed by atoms with Crippen molar-refractivity contribution in [2.24, 2.45) is 4.99 Å². The predicted molar refractivity (Wildman–Crippen MR) is 111 cm³/mol. The molecule has 0 unspecified atom stereocenters. The quantitative estimate of drug-likeness (QED) is 0.598. The van der Waals surface area contributed by atoms with E-state index in [1.165, 1.54) is 11.3 Å². The van der Waals surface area contributed by atoms with Gasteiger partial charge in [-0.3, -0.25) is 4.79 Å². The first-order chi connectivity index (χ1) is 13.9. The van der Waals surface area contributed by atoms with Gasteiger partial charge in [-0.05, 0) is 12.5 Å². The molecule has 152 valence electrons. The molecule has 0 fully saturated rings. The zero-order chi connectivity index (χ0) is 20.4. The predicted octanol–water partition coefficient (Wildman–Crippen LogP) is 2.88.